The number of nitrogens with one attached hydrogen (secondary N) is 2. The van der Waals surface area contributed by atoms with Gasteiger partial charge >= 0.3 is 0 Å². The van der Waals surface area contributed by atoms with Gasteiger partial charge < -0.3 is 15.7 Å². The Kier molecular flexibility index (Phi) is 9.37. The predicted molar refractivity (Wildman–Crippen MR) is 92.2 cm³/mol. The van der Waals surface area contributed by atoms with Crippen molar-refractivity contribution < 1.29 is 9.90 Å². The smallest absolute Gasteiger partial charge is 0.220 e. The number of hydrogen-bond donors (Lipinski definition) is 3. The lowest BCUT2D eigenvalue weighted by atomic mass is 9.84. The second kappa shape index (κ2) is 10.5. The maximum Gasteiger partial charge on any atom is 0.220 e. The highest BCUT2D eigenvalue weighted by Gasteiger charge is 2.24. The predicted octanol–water partition coefficient (Wildman–Crippen LogP) is 2.49. The molecule has 4 nitrogen and oxygen atoms in total. The Morgan fingerprint density at radius 2 is 1.86 bits per heavy atom. The molecule has 1 saturated heterocycles. The van der Waals surface area contributed by atoms with Crippen molar-refractivity contribution in [1.29, 1.82) is 0 Å². The molecule has 0 radical (unpaired) electrons. The maximum absolute atomic E-state index is 12.0. The molecule has 0 aromatic carbocycles. The third-order valence-corrected chi connectivity index (χ3v) is 5.35. The molecular weight excluding hydrogens is 300 g/mol. The van der Waals surface area contributed by atoms with Crippen molar-refractivity contribution in [2.24, 2.45) is 17.8 Å². The molecule has 2 rings (SSSR count). The van der Waals surface area contributed by atoms with Crippen LogP contribution in [0, 0.1) is 17.8 Å². The van der Waals surface area contributed by atoms with E-state index in [-0.39, 0.29) is 24.4 Å². The van der Waals surface area contributed by atoms with E-state index in [9.17, 15) is 9.90 Å². The minimum Gasteiger partial charge on any atom is -0.391 e. The van der Waals surface area contributed by atoms with Gasteiger partial charge in [0.15, 0.2) is 0 Å². The van der Waals surface area contributed by atoms with Crippen LogP contribution in [0.25, 0.3) is 0 Å². The van der Waals surface area contributed by atoms with Crippen molar-refractivity contribution in [2.45, 2.75) is 64.4 Å². The number of hydrogen-bond acceptors (Lipinski definition) is 3. The molecule has 3 unspecified atom stereocenters. The molecule has 0 bridgehead atoms. The van der Waals surface area contributed by atoms with E-state index in [2.05, 4.69) is 17.6 Å². The summed E-state index contributed by atoms with van der Waals surface area (Å²) in [5, 5.41) is 16.5. The number of aliphatic hydroxyl groups is 1. The van der Waals surface area contributed by atoms with Gasteiger partial charge in [0, 0.05) is 13.0 Å². The maximum atomic E-state index is 12.0. The Bertz CT molecular complexity index is 316. The van der Waals surface area contributed by atoms with Crippen LogP contribution in [0.1, 0.15) is 58.3 Å². The lowest BCUT2D eigenvalue weighted by Gasteiger charge is -2.29. The molecule has 130 valence electrons. The topological polar surface area (TPSA) is 61.4 Å². The summed E-state index contributed by atoms with van der Waals surface area (Å²) in [6.07, 6.45) is 8.64. The number of piperidine rings is 1. The summed E-state index contributed by atoms with van der Waals surface area (Å²) in [6.45, 7) is 4.76. The molecule has 1 aliphatic carbocycles. The number of carbonyl (C=O) groups excluding carboxylic acids is 1. The van der Waals surface area contributed by atoms with E-state index >= 15 is 0 Å². The monoisotopic (exact) mass is 332 g/mol. The zero-order chi connectivity index (χ0) is 15.1. The summed E-state index contributed by atoms with van der Waals surface area (Å²) < 4.78 is 0. The standard InChI is InChI=1S/C17H32N2O2.ClH/c1-13(15-8-5-9-18-11-15)10-17(21)19-12-16(20)14-6-3-2-4-7-14;/h13-16,18,20H,2-12H2,1H3,(H,19,21);1H. The first-order valence-electron chi connectivity index (χ1n) is 8.82. The van der Waals surface area contributed by atoms with Gasteiger partial charge in [-0.2, -0.15) is 0 Å². The summed E-state index contributed by atoms with van der Waals surface area (Å²) in [6, 6.07) is 0. The van der Waals surface area contributed by atoms with Crippen molar-refractivity contribution in [1.82, 2.24) is 10.6 Å². The highest BCUT2D eigenvalue weighted by atomic mass is 35.5. The number of halogens is 1. The van der Waals surface area contributed by atoms with Gasteiger partial charge in [-0.1, -0.05) is 26.2 Å². The highest BCUT2D eigenvalue weighted by molar-refractivity contribution is 5.85. The second-order valence-corrected chi connectivity index (χ2v) is 7.06. The first kappa shape index (κ1) is 19.7. The van der Waals surface area contributed by atoms with Crippen molar-refractivity contribution >= 4 is 18.3 Å². The molecule has 5 heteroatoms. The average Bonchev–Trinajstić information content (AvgIpc) is 2.54. The fraction of sp³-hybridized carbons (Fsp3) is 0.941. The number of carbonyl (C=O) groups is 1. The molecule has 1 saturated carbocycles. The van der Waals surface area contributed by atoms with Crippen LogP contribution in [0.2, 0.25) is 0 Å². The number of rotatable bonds is 6. The normalized spacial score (nSPS) is 25.8. The summed E-state index contributed by atoms with van der Waals surface area (Å²) in [5.74, 6) is 1.53. The Balaban J connectivity index is 0.00000242. The largest absolute Gasteiger partial charge is 0.391 e. The Morgan fingerprint density at radius 1 is 1.18 bits per heavy atom. The number of amides is 1. The molecule has 2 fully saturated rings. The molecule has 2 aliphatic rings. The van der Waals surface area contributed by atoms with Crippen molar-refractivity contribution in [3.8, 4) is 0 Å². The van der Waals surface area contributed by atoms with E-state index in [4.69, 9.17) is 0 Å². The van der Waals surface area contributed by atoms with Gasteiger partial charge in [0.25, 0.3) is 0 Å². The highest BCUT2D eigenvalue weighted by Crippen LogP contribution is 2.26. The minimum absolute atomic E-state index is 0. The Labute approximate surface area is 141 Å². The summed E-state index contributed by atoms with van der Waals surface area (Å²) >= 11 is 0. The molecular formula is C17H33ClN2O2. The molecule has 0 aromatic heterocycles. The quantitative estimate of drug-likeness (QED) is 0.700. The molecule has 1 aliphatic heterocycles. The number of aliphatic hydroxyl groups excluding tert-OH is 1. The summed E-state index contributed by atoms with van der Waals surface area (Å²) in [4.78, 5) is 12.0. The third kappa shape index (κ3) is 6.43. The van der Waals surface area contributed by atoms with Gasteiger partial charge in [-0.15, -0.1) is 12.4 Å². The van der Waals surface area contributed by atoms with Gasteiger partial charge in [0.1, 0.15) is 0 Å². The zero-order valence-electron chi connectivity index (χ0n) is 13.9. The van der Waals surface area contributed by atoms with E-state index in [1.165, 1.54) is 32.1 Å². The van der Waals surface area contributed by atoms with Crippen molar-refractivity contribution in [3.63, 3.8) is 0 Å². The van der Waals surface area contributed by atoms with Crippen LogP contribution in [-0.2, 0) is 4.79 Å². The van der Waals surface area contributed by atoms with Crippen molar-refractivity contribution in [3.05, 3.63) is 0 Å². The lowest BCUT2D eigenvalue weighted by molar-refractivity contribution is -0.123. The Morgan fingerprint density at radius 3 is 2.50 bits per heavy atom. The van der Waals surface area contributed by atoms with E-state index < -0.39 is 0 Å². The fourth-order valence-electron chi connectivity index (χ4n) is 3.80. The van der Waals surface area contributed by atoms with E-state index in [0.29, 0.717) is 30.7 Å². The average molecular weight is 333 g/mol. The third-order valence-electron chi connectivity index (χ3n) is 5.35. The van der Waals surface area contributed by atoms with Crippen LogP contribution >= 0.6 is 12.4 Å². The van der Waals surface area contributed by atoms with Gasteiger partial charge in [-0.3, -0.25) is 4.79 Å². The van der Waals surface area contributed by atoms with Gasteiger partial charge in [0.2, 0.25) is 5.91 Å². The molecule has 3 atom stereocenters. The SMILES string of the molecule is CC(CC(=O)NCC(O)C1CCCCC1)C1CCCNC1.Cl. The molecule has 1 amide bonds. The molecule has 22 heavy (non-hydrogen) atoms. The van der Waals surface area contributed by atoms with Crippen molar-refractivity contribution in [2.75, 3.05) is 19.6 Å². The first-order chi connectivity index (χ1) is 10.2. The molecule has 1 heterocycles. The zero-order valence-corrected chi connectivity index (χ0v) is 14.7. The minimum atomic E-state index is -0.360. The van der Waals surface area contributed by atoms with Crippen LogP contribution < -0.4 is 10.6 Å². The Hall–Kier alpha value is -0.320. The second-order valence-electron chi connectivity index (χ2n) is 7.06. The molecule has 3 N–H and O–H groups in total. The van der Waals surface area contributed by atoms with Crippen LogP contribution in [0.5, 0.6) is 0 Å². The molecule has 0 spiro atoms. The van der Waals surface area contributed by atoms with Gasteiger partial charge in [0.05, 0.1) is 6.10 Å². The summed E-state index contributed by atoms with van der Waals surface area (Å²) in [5.41, 5.74) is 0. The molecule has 0 aromatic rings. The van der Waals surface area contributed by atoms with Crippen LogP contribution in [0.3, 0.4) is 0 Å². The lowest BCUT2D eigenvalue weighted by Crippen LogP contribution is -2.39. The van der Waals surface area contributed by atoms with Crippen LogP contribution in [-0.4, -0.2) is 36.8 Å². The van der Waals surface area contributed by atoms with Gasteiger partial charge in [-0.25, -0.2) is 0 Å². The van der Waals surface area contributed by atoms with Gasteiger partial charge in [-0.05, 0) is 56.5 Å². The fourth-order valence-corrected chi connectivity index (χ4v) is 3.80. The van der Waals surface area contributed by atoms with E-state index in [1.807, 2.05) is 0 Å². The van der Waals surface area contributed by atoms with Crippen LogP contribution in [0.4, 0.5) is 0 Å². The first-order valence-corrected chi connectivity index (χ1v) is 8.82. The van der Waals surface area contributed by atoms with Crippen LogP contribution in [0.15, 0.2) is 0 Å². The van der Waals surface area contributed by atoms with E-state index in [1.54, 1.807) is 0 Å². The summed E-state index contributed by atoms with van der Waals surface area (Å²) in [7, 11) is 0. The van der Waals surface area contributed by atoms with E-state index in [0.717, 1.165) is 25.9 Å².